The number of carbonyl (C=O) groups excluding carboxylic acids is 2. The smallest absolute Gasteiger partial charge is 0.232 e. The van der Waals surface area contributed by atoms with Crippen molar-refractivity contribution in [1.29, 1.82) is 0 Å². The zero-order chi connectivity index (χ0) is 14.0. The maximum Gasteiger partial charge on any atom is 0.232 e. The number of hydrogen-bond acceptors (Lipinski definition) is 2. The number of rotatable bonds is 3. The molecule has 0 radical (unpaired) electrons. The third-order valence-electron chi connectivity index (χ3n) is 3.23. The van der Waals surface area contributed by atoms with Crippen LogP contribution in [0.2, 0.25) is 0 Å². The van der Waals surface area contributed by atoms with E-state index in [1.165, 1.54) is 6.07 Å². The van der Waals surface area contributed by atoms with E-state index in [1.807, 2.05) is 0 Å². The molecule has 1 fully saturated rings. The van der Waals surface area contributed by atoms with Crippen LogP contribution in [0.1, 0.15) is 30.9 Å². The molecule has 19 heavy (non-hydrogen) atoms. The number of halogens is 2. The maximum atomic E-state index is 13.5. The molecule has 1 unspecified atom stereocenters. The Balaban J connectivity index is 2.20. The van der Waals surface area contributed by atoms with Crippen molar-refractivity contribution in [1.82, 2.24) is 4.90 Å². The number of nitrogens with zero attached hydrogens (tertiary/aromatic N) is 1. The number of amides is 2. The van der Waals surface area contributed by atoms with Crippen molar-refractivity contribution in [3.8, 4) is 0 Å². The molecule has 4 nitrogen and oxygen atoms in total. The minimum atomic E-state index is -0.641. The lowest BCUT2D eigenvalue weighted by molar-refractivity contribution is -0.135. The zero-order valence-electron chi connectivity index (χ0n) is 10.2. The van der Waals surface area contributed by atoms with Crippen LogP contribution in [0.4, 0.5) is 4.39 Å². The van der Waals surface area contributed by atoms with Gasteiger partial charge < -0.3 is 10.6 Å². The van der Waals surface area contributed by atoms with Crippen LogP contribution in [0.25, 0.3) is 0 Å². The average molecular weight is 329 g/mol. The summed E-state index contributed by atoms with van der Waals surface area (Å²) in [5, 5.41) is 0. The van der Waals surface area contributed by atoms with E-state index in [2.05, 4.69) is 15.9 Å². The first-order chi connectivity index (χ1) is 8.99. The molecule has 1 heterocycles. The molecular formula is C13H14BrFN2O2. The van der Waals surface area contributed by atoms with Crippen LogP contribution >= 0.6 is 15.9 Å². The number of hydrogen-bond donors (Lipinski definition) is 1. The Labute approximate surface area is 118 Å². The summed E-state index contributed by atoms with van der Waals surface area (Å²) in [6.07, 6.45) is 1.31. The van der Waals surface area contributed by atoms with Crippen LogP contribution in [0, 0.1) is 5.82 Å². The van der Waals surface area contributed by atoms with Crippen LogP contribution in [0.3, 0.4) is 0 Å². The van der Waals surface area contributed by atoms with E-state index in [4.69, 9.17) is 5.73 Å². The van der Waals surface area contributed by atoms with Crippen molar-refractivity contribution in [2.75, 3.05) is 6.54 Å². The highest BCUT2D eigenvalue weighted by Gasteiger charge is 2.30. The van der Waals surface area contributed by atoms with Crippen LogP contribution in [0.5, 0.6) is 0 Å². The molecule has 1 aromatic rings. The molecule has 0 aromatic heterocycles. The van der Waals surface area contributed by atoms with E-state index < -0.39 is 5.91 Å². The minimum Gasteiger partial charge on any atom is -0.369 e. The molecule has 1 aliphatic rings. The summed E-state index contributed by atoms with van der Waals surface area (Å²) in [5.74, 6) is -1.29. The quantitative estimate of drug-likeness (QED) is 0.864. The topological polar surface area (TPSA) is 63.4 Å². The second kappa shape index (κ2) is 5.69. The van der Waals surface area contributed by atoms with Crippen LogP contribution < -0.4 is 5.73 Å². The first kappa shape index (κ1) is 14.0. The van der Waals surface area contributed by atoms with Crippen molar-refractivity contribution in [3.63, 3.8) is 0 Å². The molecular weight excluding hydrogens is 315 g/mol. The Morgan fingerprint density at radius 1 is 1.47 bits per heavy atom. The third kappa shape index (κ3) is 3.12. The first-order valence-corrected chi connectivity index (χ1v) is 6.81. The predicted molar refractivity (Wildman–Crippen MR) is 71.6 cm³/mol. The van der Waals surface area contributed by atoms with Gasteiger partial charge in [0.25, 0.3) is 0 Å². The largest absolute Gasteiger partial charge is 0.369 e. The van der Waals surface area contributed by atoms with Gasteiger partial charge in [-0.3, -0.25) is 9.59 Å². The minimum absolute atomic E-state index is 0.172. The monoisotopic (exact) mass is 328 g/mol. The molecule has 1 saturated heterocycles. The van der Waals surface area contributed by atoms with Gasteiger partial charge in [0.05, 0.1) is 10.5 Å². The summed E-state index contributed by atoms with van der Waals surface area (Å²) in [6, 6.07) is 4.66. The molecule has 0 bridgehead atoms. The van der Waals surface area contributed by atoms with Gasteiger partial charge in [-0.05, 0) is 46.5 Å². The van der Waals surface area contributed by atoms with Gasteiger partial charge in [0.1, 0.15) is 12.2 Å². The normalized spacial score (nSPS) is 18.6. The van der Waals surface area contributed by atoms with E-state index >= 15 is 0 Å². The second-order valence-electron chi connectivity index (χ2n) is 4.56. The summed E-state index contributed by atoms with van der Waals surface area (Å²) in [6.45, 7) is 0.578. The van der Waals surface area contributed by atoms with E-state index in [-0.39, 0.29) is 24.2 Å². The molecule has 1 aliphatic heterocycles. The molecule has 2 N–H and O–H groups in total. The van der Waals surface area contributed by atoms with Crippen LogP contribution in [-0.4, -0.2) is 23.3 Å². The summed E-state index contributed by atoms with van der Waals surface area (Å²) in [7, 11) is 0. The van der Waals surface area contributed by atoms with E-state index in [0.29, 0.717) is 11.0 Å². The van der Waals surface area contributed by atoms with Crippen LogP contribution in [0.15, 0.2) is 22.7 Å². The van der Waals surface area contributed by atoms with Crippen LogP contribution in [-0.2, 0) is 9.59 Å². The fourth-order valence-corrected chi connectivity index (χ4v) is 2.63. The Kier molecular flexibility index (Phi) is 4.19. The van der Waals surface area contributed by atoms with Crippen molar-refractivity contribution in [3.05, 3.63) is 34.1 Å². The fourth-order valence-electron chi connectivity index (χ4n) is 2.38. The highest BCUT2D eigenvalue weighted by molar-refractivity contribution is 9.10. The second-order valence-corrected chi connectivity index (χ2v) is 5.42. The van der Waals surface area contributed by atoms with Crippen molar-refractivity contribution in [2.24, 2.45) is 5.73 Å². The Bertz CT molecular complexity index is 521. The number of likely N-dealkylation sites (tertiary alicyclic amines) is 1. The number of primary amides is 1. The fraction of sp³-hybridized carbons (Fsp3) is 0.385. The van der Waals surface area contributed by atoms with Crippen molar-refractivity contribution >= 4 is 27.7 Å². The van der Waals surface area contributed by atoms with Gasteiger partial charge in [-0.2, -0.15) is 0 Å². The van der Waals surface area contributed by atoms with Gasteiger partial charge in [-0.1, -0.05) is 6.07 Å². The van der Waals surface area contributed by atoms with Gasteiger partial charge in [-0.25, -0.2) is 4.39 Å². The Hall–Kier alpha value is -1.43. The van der Waals surface area contributed by atoms with Crippen molar-refractivity contribution < 1.29 is 14.0 Å². The number of benzene rings is 1. The average Bonchev–Trinajstić information content (AvgIpc) is 2.81. The van der Waals surface area contributed by atoms with E-state index in [1.54, 1.807) is 17.0 Å². The van der Waals surface area contributed by atoms with Gasteiger partial charge >= 0.3 is 0 Å². The first-order valence-electron chi connectivity index (χ1n) is 6.01. The summed E-state index contributed by atoms with van der Waals surface area (Å²) in [5.41, 5.74) is 5.78. The molecule has 0 aliphatic carbocycles. The maximum absolute atomic E-state index is 13.5. The molecule has 0 spiro atoms. The molecule has 1 atom stereocenters. The molecule has 2 rings (SSSR count). The zero-order valence-corrected chi connectivity index (χ0v) is 11.8. The summed E-state index contributed by atoms with van der Waals surface area (Å²) >= 11 is 3.10. The van der Waals surface area contributed by atoms with Gasteiger partial charge in [0.2, 0.25) is 11.8 Å². The van der Waals surface area contributed by atoms with E-state index in [9.17, 15) is 14.0 Å². The summed E-state index contributed by atoms with van der Waals surface area (Å²) in [4.78, 5) is 24.3. The van der Waals surface area contributed by atoms with Gasteiger partial charge in [0.15, 0.2) is 0 Å². The molecule has 2 amide bonds. The Morgan fingerprint density at radius 3 is 2.84 bits per heavy atom. The highest BCUT2D eigenvalue weighted by atomic mass is 79.9. The van der Waals surface area contributed by atoms with Crippen molar-refractivity contribution in [2.45, 2.75) is 25.3 Å². The lowest BCUT2D eigenvalue weighted by atomic mass is 10.0. The number of carbonyl (C=O) groups is 2. The SMILES string of the molecule is NC(=O)CC(=O)N1CCCC1c1ccc(Br)c(F)c1. The lowest BCUT2D eigenvalue weighted by Gasteiger charge is -2.24. The van der Waals surface area contributed by atoms with E-state index in [0.717, 1.165) is 18.4 Å². The predicted octanol–water partition coefficient (Wildman–Crippen LogP) is 2.13. The highest BCUT2D eigenvalue weighted by Crippen LogP contribution is 2.33. The molecule has 0 saturated carbocycles. The number of nitrogens with two attached hydrogens (primary N) is 1. The molecule has 102 valence electrons. The molecule has 1 aromatic carbocycles. The standard InChI is InChI=1S/C13H14BrFN2O2/c14-9-4-3-8(6-10(9)15)11-2-1-5-17(11)13(19)7-12(16)18/h3-4,6,11H,1-2,5,7H2,(H2,16,18). The van der Waals surface area contributed by atoms with Gasteiger partial charge in [-0.15, -0.1) is 0 Å². The molecule has 6 heteroatoms. The lowest BCUT2D eigenvalue weighted by Crippen LogP contribution is -2.33. The Morgan fingerprint density at radius 2 is 2.21 bits per heavy atom. The third-order valence-corrected chi connectivity index (χ3v) is 3.87. The summed E-state index contributed by atoms with van der Waals surface area (Å²) < 4.78 is 13.9. The van der Waals surface area contributed by atoms with Gasteiger partial charge in [0, 0.05) is 6.54 Å².